The minimum atomic E-state index is 0.303. The predicted octanol–water partition coefficient (Wildman–Crippen LogP) is 3.49. The van der Waals surface area contributed by atoms with Gasteiger partial charge in [0, 0.05) is 25.8 Å². The fraction of sp³-hybridized carbons (Fsp3) is 0.304. The number of nitrogens with zero attached hydrogens (tertiary/aromatic N) is 3. The van der Waals surface area contributed by atoms with Crippen LogP contribution in [0, 0.1) is 13.8 Å². The summed E-state index contributed by atoms with van der Waals surface area (Å²) in [6.07, 6.45) is 1.93. The lowest BCUT2D eigenvalue weighted by Gasteiger charge is -2.15. The van der Waals surface area contributed by atoms with Crippen LogP contribution in [0.2, 0.25) is 0 Å². The molecule has 0 radical (unpaired) electrons. The number of phenols is 1. The quantitative estimate of drug-likeness (QED) is 0.327. The smallest absolute Gasteiger partial charge is 0.191 e. The van der Waals surface area contributed by atoms with Crippen molar-refractivity contribution in [3.8, 4) is 11.4 Å². The van der Waals surface area contributed by atoms with Gasteiger partial charge in [0.05, 0.1) is 11.4 Å². The highest BCUT2D eigenvalue weighted by atomic mass is 16.3. The number of aromatic nitrogens is 2. The van der Waals surface area contributed by atoms with Gasteiger partial charge in [-0.3, -0.25) is 4.99 Å². The highest BCUT2D eigenvalue weighted by Gasteiger charge is 2.09. The summed E-state index contributed by atoms with van der Waals surface area (Å²) in [6, 6.07) is 17.7. The summed E-state index contributed by atoms with van der Waals surface area (Å²) >= 11 is 0. The molecule has 0 saturated carbocycles. The van der Waals surface area contributed by atoms with Crippen LogP contribution in [0.3, 0.4) is 0 Å². The zero-order valence-corrected chi connectivity index (χ0v) is 17.3. The summed E-state index contributed by atoms with van der Waals surface area (Å²) in [6.45, 7) is 5.55. The molecule has 0 bridgehead atoms. The standard InChI is InChI=1S/C23H29N5O/c1-17-15-18(2)28(27-17)22-9-5-4-8-20(22)16-26-23(24-3)25-14-6-7-19-10-12-21(29)13-11-19/h4-5,8-13,15,29H,6-7,14,16H2,1-3H3,(H2,24,25,26). The number of hydrogen-bond donors (Lipinski definition) is 3. The fourth-order valence-electron chi connectivity index (χ4n) is 3.30. The molecule has 0 amide bonds. The van der Waals surface area contributed by atoms with Gasteiger partial charge in [-0.05, 0) is 62.1 Å². The summed E-state index contributed by atoms with van der Waals surface area (Å²) in [5.74, 6) is 1.08. The second kappa shape index (κ2) is 9.78. The molecule has 29 heavy (non-hydrogen) atoms. The number of guanidine groups is 1. The summed E-state index contributed by atoms with van der Waals surface area (Å²) in [4.78, 5) is 4.32. The third-order valence-electron chi connectivity index (χ3n) is 4.77. The third-order valence-corrected chi connectivity index (χ3v) is 4.77. The first-order chi connectivity index (χ1) is 14.1. The molecule has 6 heteroatoms. The number of aryl methyl sites for hydroxylation is 3. The van der Waals surface area contributed by atoms with Crippen LogP contribution in [0.15, 0.2) is 59.6 Å². The SMILES string of the molecule is CN=C(NCCCc1ccc(O)cc1)NCc1ccccc1-n1nc(C)cc1C. The van der Waals surface area contributed by atoms with E-state index >= 15 is 0 Å². The van der Waals surface area contributed by atoms with E-state index in [0.717, 1.165) is 48.0 Å². The van der Waals surface area contributed by atoms with Crippen LogP contribution in [0.1, 0.15) is 28.9 Å². The molecular weight excluding hydrogens is 362 g/mol. The first-order valence-electron chi connectivity index (χ1n) is 9.91. The number of aliphatic imine (C=N–C) groups is 1. The molecule has 152 valence electrons. The number of aromatic hydroxyl groups is 1. The zero-order chi connectivity index (χ0) is 20.6. The lowest BCUT2D eigenvalue weighted by Crippen LogP contribution is -2.37. The van der Waals surface area contributed by atoms with Crippen LogP contribution in [0.25, 0.3) is 5.69 Å². The van der Waals surface area contributed by atoms with E-state index in [9.17, 15) is 5.11 Å². The van der Waals surface area contributed by atoms with Crippen molar-refractivity contribution in [3.63, 3.8) is 0 Å². The molecule has 3 aromatic rings. The number of nitrogens with one attached hydrogen (secondary N) is 2. The van der Waals surface area contributed by atoms with Gasteiger partial charge in [0.15, 0.2) is 5.96 Å². The van der Waals surface area contributed by atoms with E-state index in [1.165, 1.54) is 5.56 Å². The van der Waals surface area contributed by atoms with Crippen LogP contribution in [-0.4, -0.2) is 34.4 Å². The number of para-hydroxylation sites is 1. The minimum absolute atomic E-state index is 0.303. The number of phenolic OH excluding ortho intramolecular Hbond substituents is 1. The predicted molar refractivity (Wildman–Crippen MR) is 118 cm³/mol. The van der Waals surface area contributed by atoms with E-state index < -0.39 is 0 Å². The molecule has 0 fully saturated rings. The van der Waals surface area contributed by atoms with Crippen molar-refractivity contribution >= 4 is 5.96 Å². The highest BCUT2D eigenvalue weighted by molar-refractivity contribution is 5.79. The Hall–Kier alpha value is -3.28. The average Bonchev–Trinajstić information content (AvgIpc) is 3.07. The van der Waals surface area contributed by atoms with E-state index in [1.807, 2.05) is 35.9 Å². The molecule has 0 atom stereocenters. The van der Waals surface area contributed by atoms with Gasteiger partial charge in [-0.15, -0.1) is 0 Å². The summed E-state index contributed by atoms with van der Waals surface area (Å²) in [5.41, 5.74) is 5.58. The first-order valence-corrected chi connectivity index (χ1v) is 9.91. The molecule has 2 aromatic carbocycles. The molecule has 0 aliphatic carbocycles. The van der Waals surface area contributed by atoms with Crippen LogP contribution >= 0.6 is 0 Å². The summed E-state index contributed by atoms with van der Waals surface area (Å²) < 4.78 is 1.99. The summed E-state index contributed by atoms with van der Waals surface area (Å²) in [7, 11) is 1.78. The van der Waals surface area contributed by atoms with E-state index in [4.69, 9.17) is 0 Å². The maximum atomic E-state index is 9.35. The number of benzene rings is 2. The number of rotatable bonds is 7. The van der Waals surface area contributed by atoms with Crippen molar-refractivity contribution in [1.29, 1.82) is 0 Å². The van der Waals surface area contributed by atoms with E-state index in [0.29, 0.717) is 12.3 Å². The van der Waals surface area contributed by atoms with Gasteiger partial charge in [-0.25, -0.2) is 4.68 Å². The van der Waals surface area contributed by atoms with Crippen LogP contribution in [-0.2, 0) is 13.0 Å². The summed E-state index contributed by atoms with van der Waals surface area (Å²) in [5, 5.41) is 20.7. The fourth-order valence-corrected chi connectivity index (χ4v) is 3.30. The molecule has 0 unspecified atom stereocenters. The van der Waals surface area contributed by atoms with E-state index in [1.54, 1.807) is 19.2 Å². The van der Waals surface area contributed by atoms with Crippen LogP contribution in [0.5, 0.6) is 5.75 Å². The second-order valence-electron chi connectivity index (χ2n) is 7.09. The molecule has 1 aromatic heterocycles. The van der Waals surface area contributed by atoms with Gasteiger partial charge in [0.25, 0.3) is 0 Å². The zero-order valence-electron chi connectivity index (χ0n) is 17.3. The van der Waals surface area contributed by atoms with Gasteiger partial charge >= 0.3 is 0 Å². The van der Waals surface area contributed by atoms with Gasteiger partial charge < -0.3 is 15.7 Å². The molecule has 1 heterocycles. The van der Waals surface area contributed by atoms with Crippen molar-refractivity contribution < 1.29 is 5.11 Å². The first kappa shape index (κ1) is 20.5. The van der Waals surface area contributed by atoms with E-state index in [-0.39, 0.29) is 0 Å². The van der Waals surface area contributed by atoms with E-state index in [2.05, 4.69) is 45.8 Å². The van der Waals surface area contributed by atoms with Gasteiger partial charge in [0.1, 0.15) is 5.75 Å². The Kier molecular flexibility index (Phi) is 6.89. The average molecular weight is 392 g/mol. The topological polar surface area (TPSA) is 74.5 Å². The third kappa shape index (κ3) is 5.60. The Bertz CT molecular complexity index is 960. The second-order valence-corrected chi connectivity index (χ2v) is 7.09. The molecule has 0 saturated heterocycles. The van der Waals surface area contributed by atoms with Crippen LogP contribution in [0.4, 0.5) is 0 Å². The van der Waals surface area contributed by atoms with Crippen molar-refractivity contribution in [2.45, 2.75) is 33.2 Å². The Labute approximate surface area is 172 Å². The van der Waals surface area contributed by atoms with Crippen molar-refractivity contribution in [1.82, 2.24) is 20.4 Å². The molecule has 3 N–H and O–H groups in total. The molecule has 0 spiro atoms. The molecule has 0 aliphatic heterocycles. The van der Waals surface area contributed by atoms with Gasteiger partial charge in [-0.1, -0.05) is 30.3 Å². The normalized spacial score (nSPS) is 11.5. The Morgan fingerprint density at radius 3 is 2.52 bits per heavy atom. The maximum Gasteiger partial charge on any atom is 0.191 e. The Morgan fingerprint density at radius 2 is 1.83 bits per heavy atom. The molecule has 6 nitrogen and oxygen atoms in total. The minimum Gasteiger partial charge on any atom is -0.508 e. The Morgan fingerprint density at radius 1 is 1.07 bits per heavy atom. The van der Waals surface area contributed by atoms with Gasteiger partial charge in [0.2, 0.25) is 0 Å². The largest absolute Gasteiger partial charge is 0.508 e. The van der Waals surface area contributed by atoms with Crippen molar-refractivity contribution in [2.75, 3.05) is 13.6 Å². The molecule has 3 rings (SSSR count). The molecular formula is C23H29N5O. The lowest BCUT2D eigenvalue weighted by atomic mass is 10.1. The Balaban J connectivity index is 1.53. The maximum absolute atomic E-state index is 9.35. The van der Waals surface area contributed by atoms with Crippen molar-refractivity contribution in [3.05, 3.63) is 77.1 Å². The number of hydrogen-bond acceptors (Lipinski definition) is 3. The monoisotopic (exact) mass is 391 g/mol. The van der Waals surface area contributed by atoms with Gasteiger partial charge in [-0.2, -0.15) is 5.10 Å². The highest BCUT2D eigenvalue weighted by Crippen LogP contribution is 2.17. The van der Waals surface area contributed by atoms with Crippen LogP contribution < -0.4 is 10.6 Å². The lowest BCUT2D eigenvalue weighted by molar-refractivity contribution is 0.475. The van der Waals surface area contributed by atoms with Crippen molar-refractivity contribution in [2.24, 2.45) is 4.99 Å². The molecule has 0 aliphatic rings.